The lowest BCUT2D eigenvalue weighted by Gasteiger charge is -2.20. The molecule has 2 fully saturated rings. The average Bonchev–Trinajstić information content (AvgIpc) is 3.03. The number of carbonyl (C=O) groups is 2. The summed E-state index contributed by atoms with van der Waals surface area (Å²) in [7, 11) is 0. The van der Waals surface area contributed by atoms with Crippen LogP contribution in [0.4, 0.5) is 0 Å². The third-order valence-electron chi connectivity index (χ3n) is 5.16. The third-order valence-corrected chi connectivity index (χ3v) is 5.16. The van der Waals surface area contributed by atoms with Gasteiger partial charge in [0.05, 0.1) is 0 Å². The summed E-state index contributed by atoms with van der Waals surface area (Å²) in [5.74, 6) is 1.48. The molecule has 5 heteroatoms. The number of hydrogen-bond donors (Lipinski definition) is 1. The SMILES string of the molecule is CCN(CC)C(=O)CCCC(=O)N1CC2CCC(N)C2C1. The molecule has 0 bridgehead atoms. The predicted molar refractivity (Wildman–Crippen MR) is 82.5 cm³/mol. The molecule has 2 amide bonds. The number of nitrogens with zero attached hydrogens (tertiary/aromatic N) is 2. The minimum absolute atomic E-state index is 0.160. The Morgan fingerprint density at radius 1 is 1.14 bits per heavy atom. The van der Waals surface area contributed by atoms with E-state index in [1.54, 1.807) is 0 Å². The molecular weight excluding hydrogens is 266 g/mol. The molecule has 1 saturated carbocycles. The zero-order chi connectivity index (χ0) is 15.4. The van der Waals surface area contributed by atoms with Crippen LogP contribution in [0.2, 0.25) is 0 Å². The highest BCUT2D eigenvalue weighted by Gasteiger charge is 2.42. The van der Waals surface area contributed by atoms with Crippen LogP contribution in [0.25, 0.3) is 0 Å². The molecule has 2 N–H and O–H groups in total. The highest BCUT2D eigenvalue weighted by molar-refractivity contribution is 5.79. The van der Waals surface area contributed by atoms with Gasteiger partial charge in [0.25, 0.3) is 0 Å². The lowest BCUT2D eigenvalue weighted by atomic mass is 9.98. The Labute approximate surface area is 127 Å². The normalized spacial score (nSPS) is 27.8. The lowest BCUT2D eigenvalue weighted by Crippen LogP contribution is -2.34. The van der Waals surface area contributed by atoms with Gasteiger partial charge in [-0.3, -0.25) is 9.59 Å². The summed E-state index contributed by atoms with van der Waals surface area (Å²) < 4.78 is 0. The highest BCUT2D eigenvalue weighted by atomic mass is 16.2. The fourth-order valence-electron chi connectivity index (χ4n) is 3.79. The second-order valence-corrected chi connectivity index (χ2v) is 6.38. The smallest absolute Gasteiger partial charge is 0.222 e. The van der Waals surface area contributed by atoms with Gasteiger partial charge in [0, 0.05) is 45.1 Å². The van der Waals surface area contributed by atoms with E-state index in [4.69, 9.17) is 5.73 Å². The number of rotatable bonds is 6. The molecule has 0 radical (unpaired) electrons. The summed E-state index contributed by atoms with van der Waals surface area (Å²) in [6, 6.07) is 0.275. The van der Waals surface area contributed by atoms with Gasteiger partial charge >= 0.3 is 0 Å². The Bertz CT molecular complexity index is 382. The fourth-order valence-corrected chi connectivity index (χ4v) is 3.79. The molecule has 21 heavy (non-hydrogen) atoms. The lowest BCUT2D eigenvalue weighted by molar-refractivity contribution is -0.132. The number of hydrogen-bond acceptors (Lipinski definition) is 3. The van der Waals surface area contributed by atoms with Crippen molar-refractivity contribution in [3.63, 3.8) is 0 Å². The summed E-state index contributed by atoms with van der Waals surface area (Å²) in [4.78, 5) is 27.9. The van der Waals surface area contributed by atoms with Crippen molar-refractivity contribution in [2.45, 2.75) is 52.0 Å². The maximum absolute atomic E-state index is 12.2. The first kappa shape index (κ1) is 16.3. The third kappa shape index (κ3) is 3.76. The van der Waals surface area contributed by atoms with Crippen molar-refractivity contribution in [2.75, 3.05) is 26.2 Å². The predicted octanol–water partition coefficient (Wildman–Crippen LogP) is 1.22. The molecule has 120 valence electrons. The second-order valence-electron chi connectivity index (χ2n) is 6.38. The van der Waals surface area contributed by atoms with Gasteiger partial charge in [-0.2, -0.15) is 0 Å². The Balaban J connectivity index is 1.70. The molecule has 1 aliphatic heterocycles. The summed E-state index contributed by atoms with van der Waals surface area (Å²) >= 11 is 0. The minimum atomic E-state index is 0.160. The van der Waals surface area contributed by atoms with E-state index in [0.29, 0.717) is 31.1 Å². The largest absolute Gasteiger partial charge is 0.343 e. The van der Waals surface area contributed by atoms with Crippen molar-refractivity contribution in [3.05, 3.63) is 0 Å². The zero-order valence-electron chi connectivity index (χ0n) is 13.4. The molecular formula is C16H29N3O2. The fraction of sp³-hybridized carbons (Fsp3) is 0.875. The maximum Gasteiger partial charge on any atom is 0.222 e. The van der Waals surface area contributed by atoms with Gasteiger partial charge < -0.3 is 15.5 Å². The van der Waals surface area contributed by atoms with Crippen LogP contribution in [0.15, 0.2) is 0 Å². The van der Waals surface area contributed by atoms with Crippen LogP contribution in [-0.4, -0.2) is 53.8 Å². The molecule has 0 aromatic heterocycles. The summed E-state index contributed by atoms with van der Waals surface area (Å²) in [6.45, 7) is 7.17. The first-order valence-electron chi connectivity index (χ1n) is 8.37. The molecule has 0 aromatic carbocycles. The highest BCUT2D eigenvalue weighted by Crippen LogP contribution is 2.37. The van der Waals surface area contributed by atoms with Gasteiger partial charge in [-0.25, -0.2) is 0 Å². The number of nitrogens with two attached hydrogens (primary N) is 1. The molecule has 3 atom stereocenters. The Kier molecular flexibility index (Phi) is 5.62. The molecule has 5 nitrogen and oxygen atoms in total. The van der Waals surface area contributed by atoms with E-state index in [0.717, 1.165) is 39.0 Å². The first-order valence-corrected chi connectivity index (χ1v) is 8.37. The van der Waals surface area contributed by atoms with Crippen molar-refractivity contribution in [2.24, 2.45) is 17.6 Å². The number of likely N-dealkylation sites (tertiary alicyclic amines) is 1. The van der Waals surface area contributed by atoms with Gasteiger partial charge in [0.2, 0.25) is 11.8 Å². The van der Waals surface area contributed by atoms with Crippen molar-refractivity contribution >= 4 is 11.8 Å². The van der Waals surface area contributed by atoms with Crippen LogP contribution in [0.5, 0.6) is 0 Å². The Morgan fingerprint density at radius 2 is 1.86 bits per heavy atom. The molecule has 0 spiro atoms. The van der Waals surface area contributed by atoms with E-state index in [-0.39, 0.29) is 17.9 Å². The van der Waals surface area contributed by atoms with E-state index in [2.05, 4.69) is 0 Å². The van der Waals surface area contributed by atoms with Crippen LogP contribution >= 0.6 is 0 Å². The molecule has 3 unspecified atom stereocenters. The van der Waals surface area contributed by atoms with E-state index in [9.17, 15) is 9.59 Å². The van der Waals surface area contributed by atoms with E-state index in [1.165, 1.54) is 0 Å². The standard InChI is InChI=1S/C16H29N3O2/c1-3-18(4-2)15(20)6-5-7-16(21)19-10-12-8-9-14(17)13(12)11-19/h12-14H,3-11,17H2,1-2H3. The van der Waals surface area contributed by atoms with Gasteiger partial charge in [0.1, 0.15) is 0 Å². The maximum atomic E-state index is 12.2. The monoisotopic (exact) mass is 295 g/mol. The summed E-state index contributed by atoms with van der Waals surface area (Å²) in [6.07, 6.45) is 3.90. The van der Waals surface area contributed by atoms with Crippen LogP contribution in [0.1, 0.15) is 46.0 Å². The van der Waals surface area contributed by atoms with E-state index in [1.807, 2.05) is 23.6 Å². The Hall–Kier alpha value is -1.10. The van der Waals surface area contributed by atoms with Gasteiger partial charge in [-0.15, -0.1) is 0 Å². The van der Waals surface area contributed by atoms with Crippen LogP contribution in [-0.2, 0) is 9.59 Å². The van der Waals surface area contributed by atoms with Gasteiger partial charge in [-0.05, 0) is 44.9 Å². The second kappa shape index (κ2) is 7.25. The van der Waals surface area contributed by atoms with Crippen molar-refractivity contribution in [1.29, 1.82) is 0 Å². The quantitative estimate of drug-likeness (QED) is 0.801. The molecule has 2 rings (SSSR count). The average molecular weight is 295 g/mol. The number of carbonyl (C=O) groups excluding carboxylic acids is 2. The molecule has 0 aromatic rings. The molecule has 1 saturated heterocycles. The first-order chi connectivity index (χ1) is 10.1. The van der Waals surface area contributed by atoms with Gasteiger partial charge in [0.15, 0.2) is 0 Å². The zero-order valence-corrected chi connectivity index (χ0v) is 13.4. The van der Waals surface area contributed by atoms with E-state index < -0.39 is 0 Å². The minimum Gasteiger partial charge on any atom is -0.343 e. The van der Waals surface area contributed by atoms with Crippen molar-refractivity contribution in [3.8, 4) is 0 Å². The van der Waals surface area contributed by atoms with E-state index >= 15 is 0 Å². The Morgan fingerprint density at radius 3 is 2.48 bits per heavy atom. The van der Waals surface area contributed by atoms with Gasteiger partial charge in [-0.1, -0.05) is 0 Å². The molecule has 1 heterocycles. The summed E-state index contributed by atoms with van der Waals surface area (Å²) in [5.41, 5.74) is 6.10. The molecule has 2 aliphatic rings. The van der Waals surface area contributed by atoms with Crippen LogP contribution in [0.3, 0.4) is 0 Å². The molecule has 1 aliphatic carbocycles. The topological polar surface area (TPSA) is 66.6 Å². The van der Waals surface area contributed by atoms with Crippen LogP contribution < -0.4 is 5.73 Å². The number of fused-ring (bicyclic) bond motifs is 1. The van der Waals surface area contributed by atoms with Crippen molar-refractivity contribution in [1.82, 2.24) is 9.80 Å². The van der Waals surface area contributed by atoms with Crippen molar-refractivity contribution < 1.29 is 9.59 Å². The van der Waals surface area contributed by atoms with Crippen LogP contribution in [0, 0.1) is 11.8 Å². The number of amides is 2. The summed E-state index contributed by atoms with van der Waals surface area (Å²) in [5, 5.41) is 0.